The van der Waals surface area contributed by atoms with Crippen LogP contribution in [0.15, 0.2) is 47.5 Å². The molecule has 2 aromatic carbocycles. The summed E-state index contributed by atoms with van der Waals surface area (Å²) in [7, 11) is 0. The van der Waals surface area contributed by atoms with Crippen LogP contribution in [0.25, 0.3) is 0 Å². The smallest absolute Gasteiger partial charge is 0.193 e. The van der Waals surface area contributed by atoms with Gasteiger partial charge in [0, 0.05) is 22.7 Å². The van der Waals surface area contributed by atoms with Crippen molar-refractivity contribution in [2.75, 3.05) is 11.9 Å². The lowest BCUT2D eigenvalue weighted by molar-refractivity contribution is 0.353. The van der Waals surface area contributed by atoms with Gasteiger partial charge in [-0.2, -0.15) is 0 Å². The van der Waals surface area contributed by atoms with Crippen molar-refractivity contribution in [3.05, 3.63) is 58.6 Å². The maximum atomic E-state index is 6.12. The first kappa shape index (κ1) is 13.8. The van der Waals surface area contributed by atoms with Gasteiger partial charge in [0.25, 0.3) is 0 Å². The maximum absolute atomic E-state index is 6.12. The molecule has 0 bridgehead atoms. The molecule has 0 amide bonds. The average Bonchev–Trinajstić information content (AvgIpc) is 2.94. The highest BCUT2D eigenvalue weighted by molar-refractivity contribution is 6.30. The van der Waals surface area contributed by atoms with Crippen molar-refractivity contribution in [3.63, 3.8) is 0 Å². The van der Waals surface area contributed by atoms with Crippen molar-refractivity contribution in [2.24, 2.45) is 10.7 Å². The monoisotopic (exact) mass is 301 g/mol. The third-order valence-electron chi connectivity index (χ3n) is 3.29. The molecule has 108 valence electrons. The van der Waals surface area contributed by atoms with Crippen LogP contribution in [-0.2, 0) is 13.0 Å². The Morgan fingerprint density at radius 3 is 2.90 bits per heavy atom. The van der Waals surface area contributed by atoms with Crippen LogP contribution in [0.5, 0.6) is 5.75 Å². The van der Waals surface area contributed by atoms with E-state index in [1.807, 2.05) is 42.5 Å². The number of halogens is 1. The summed E-state index contributed by atoms with van der Waals surface area (Å²) in [5, 5.41) is 3.76. The van der Waals surface area contributed by atoms with Crippen molar-refractivity contribution in [3.8, 4) is 5.75 Å². The Morgan fingerprint density at radius 2 is 2.10 bits per heavy atom. The fraction of sp³-hybridized carbons (Fsp3) is 0.188. The number of fused-ring (bicyclic) bond motifs is 1. The largest absolute Gasteiger partial charge is 0.493 e. The van der Waals surface area contributed by atoms with Crippen LogP contribution < -0.4 is 15.8 Å². The first-order valence-corrected chi connectivity index (χ1v) is 7.16. The SMILES string of the molecule is NC(=NCc1cc(Cl)cc2c1OCC2)Nc1ccccc1. The van der Waals surface area contributed by atoms with Crippen LogP contribution >= 0.6 is 11.6 Å². The molecule has 0 radical (unpaired) electrons. The predicted octanol–water partition coefficient (Wildman–Crippen LogP) is 3.20. The number of para-hydroxylation sites is 1. The number of hydrogen-bond donors (Lipinski definition) is 2. The fourth-order valence-electron chi connectivity index (χ4n) is 2.34. The highest BCUT2D eigenvalue weighted by Gasteiger charge is 2.17. The molecule has 2 aromatic rings. The lowest BCUT2D eigenvalue weighted by atomic mass is 10.1. The molecule has 3 rings (SSSR count). The number of guanidine groups is 1. The van der Waals surface area contributed by atoms with Crippen molar-refractivity contribution < 1.29 is 4.74 Å². The van der Waals surface area contributed by atoms with Crippen molar-refractivity contribution in [1.29, 1.82) is 0 Å². The van der Waals surface area contributed by atoms with Crippen LogP contribution in [0, 0.1) is 0 Å². The van der Waals surface area contributed by atoms with Gasteiger partial charge in [-0.05, 0) is 29.8 Å². The maximum Gasteiger partial charge on any atom is 0.193 e. The van der Waals surface area contributed by atoms with Crippen LogP contribution in [-0.4, -0.2) is 12.6 Å². The Hall–Kier alpha value is -2.20. The highest BCUT2D eigenvalue weighted by Crippen LogP contribution is 2.33. The van der Waals surface area contributed by atoms with Crippen molar-refractivity contribution >= 4 is 23.2 Å². The summed E-state index contributed by atoms with van der Waals surface area (Å²) in [5.41, 5.74) is 8.92. The van der Waals surface area contributed by atoms with Crippen molar-refractivity contribution in [1.82, 2.24) is 0 Å². The number of nitrogens with one attached hydrogen (secondary N) is 1. The molecular weight excluding hydrogens is 286 g/mol. The molecule has 0 unspecified atom stereocenters. The molecule has 21 heavy (non-hydrogen) atoms. The molecule has 1 heterocycles. The molecule has 0 saturated carbocycles. The first-order chi connectivity index (χ1) is 10.2. The third kappa shape index (κ3) is 3.28. The quantitative estimate of drug-likeness (QED) is 0.676. The van der Waals surface area contributed by atoms with Crippen LogP contribution in [0.1, 0.15) is 11.1 Å². The van der Waals surface area contributed by atoms with Crippen LogP contribution in [0.3, 0.4) is 0 Å². The van der Waals surface area contributed by atoms with E-state index in [4.69, 9.17) is 22.1 Å². The Labute approximate surface area is 128 Å². The minimum absolute atomic E-state index is 0.368. The van der Waals surface area contributed by atoms with Gasteiger partial charge >= 0.3 is 0 Å². The lowest BCUT2D eigenvalue weighted by Crippen LogP contribution is -2.22. The van der Waals surface area contributed by atoms with Gasteiger partial charge in [-0.25, -0.2) is 4.99 Å². The molecule has 4 nitrogen and oxygen atoms in total. The second-order valence-corrected chi connectivity index (χ2v) is 5.28. The number of hydrogen-bond acceptors (Lipinski definition) is 2. The number of nitrogens with zero attached hydrogens (tertiary/aromatic N) is 1. The zero-order valence-electron chi connectivity index (χ0n) is 11.5. The molecule has 1 aliphatic rings. The first-order valence-electron chi connectivity index (χ1n) is 6.78. The van der Waals surface area contributed by atoms with Gasteiger partial charge in [0.1, 0.15) is 5.75 Å². The van der Waals surface area contributed by atoms with Crippen LogP contribution in [0.4, 0.5) is 5.69 Å². The minimum atomic E-state index is 0.368. The third-order valence-corrected chi connectivity index (χ3v) is 3.51. The topological polar surface area (TPSA) is 59.6 Å². The fourth-order valence-corrected chi connectivity index (χ4v) is 2.61. The molecule has 0 fully saturated rings. The number of ether oxygens (including phenoxy) is 1. The normalized spacial score (nSPS) is 13.7. The number of aliphatic imine (C=N–C) groups is 1. The molecule has 0 atom stereocenters. The Kier molecular flexibility index (Phi) is 3.97. The van der Waals surface area contributed by atoms with Gasteiger partial charge in [0.05, 0.1) is 13.2 Å². The number of rotatable bonds is 3. The van der Waals surface area contributed by atoms with E-state index in [2.05, 4.69) is 10.3 Å². The summed E-state index contributed by atoms with van der Waals surface area (Å²) in [5.74, 6) is 1.27. The average molecular weight is 302 g/mol. The van der Waals surface area contributed by atoms with Gasteiger partial charge < -0.3 is 15.8 Å². The molecule has 0 aromatic heterocycles. The van der Waals surface area contributed by atoms with Gasteiger partial charge in [-0.3, -0.25) is 0 Å². The van der Waals surface area contributed by atoms with E-state index in [0.29, 0.717) is 24.1 Å². The second kappa shape index (κ2) is 6.06. The van der Waals surface area contributed by atoms with E-state index in [9.17, 15) is 0 Å². The Morgan fingerprint density at radius 1 is 1.29 bits per heavy atom. The molecule has 3 N–H and O–H groups in total. The summed E-state index contributed by atoms with van der Waals surface area (Å²) in [6.45, 7) is 1.14. The van der Waals surface area contributed by atoms with E-state index < -0.39 is 0 Å². The van der Waals surface area contributed by atoms with E-state index >= 15 is 0 Å². The van der Waals surface area contributed by atoms with Crippen molar-refractivity contribution in [2.45, 2.75) is 13.0 Å². The summed E-state index contributed by atoms with van der Waals surface area (Å²) >= 11 is 6.12. The predicted molar refractivity (Wildman–Crippen MR) is 86.0 cm³/mol. The number of anilines is 1. The summed E-state index contributed by atoms with van der Waals surface area (Å²) in [4.78, 5) is 4.35. The number of nitrogens with two attached hydrogens (primary N) is 1. The van der Waals surface area contributed by atoms with Gasteiger partial charge in [0.2, 0.25) is 0 Å². The Balaban J connectivity index is 1.74. The standard InChI is InChI=1S/C16H16ClN3O/c17-13-8-11-6-7-21-15(11)12(9-13)10-19-16(18)20-14-4-2-1-3-5-14/h1-5,8-9H,6-7,10H2,(H3,18,19,20). The minimum Gasteiger partial charge on any atom is -0.493 e. The molecule has 0 saturated heterocycles. The zero-order chi connectivity index (χ0) is 14.7. The van der Waals surface area contributed by atoms with Gasteiger partial charge in [0.15, 0.2) is 5.96 Å². The molecular formula is C16H16ClN3O. The van der Waals surface area contributed by atoms with E-state index in [1.54, 1.807) is 0 Å². The summed E-state index contributed by atoms with van der Waals surface area (Å²) in [6.07, 6.45) is 0.893. The molecule has 0 spiro atoms. The Bertz CT molecular complexity index is 671. The van der Waals surface area contributed by atoms with Gasteiger partial charge in [-0.1, -0.05) is 29.8 Å². The zero-order valence-corrected chi connectivity index (χ0v) is 12.2. The second-order valence-electron chi connectivity index (χ2n) is 4.84. The molecule has 1 aliphatic heterocycles. The molecule has 0 aliphatic carbocycles. The number of benzene rings is 2. The summed E-state index contributed by atoms with van der Waals surface area (Å²) in [6, 6.07) is 13.5. The summed E-state index contributed by atoms with van der Waals surface area (Å²) < 4.78 is 5.65. The lowest BCUT2D eigenvalue weighted by Gasteiger charge is -2.08. The van der Waals surface area contributed by atoms with E-state index in [1.165, 1.54) is 0 Å². The van der Waals surface area contributed by atoms with Gasteiger partial charge in [-0.15, -0.1) is 0 Å². The van der Waals surface area contributed by atoms with Crippen LogP contribution in [0.2, 0.25) is 5.02 Å². The highest BCUT2D eigenvalue weighted by atomic mass is 35.5. The molecule has 5 heteroatoms. The van der Waals surface area contributed by atoms with E-state index in [0.717, 1.165) is 29.0 Å². The van der Waals surface area contributed by atoms with E-state index in [-0.39, 0.29) is 0 Å².